The quantitative estimate of drug-likeness (QED) is 0.818. The van der Waals surface area contributed by atoms with Crippen molar-refractivity contribution >= 4 is 6.09 Å². The fourth-order valence-corrected chi connectivity index (χ4v) is 3.15. The van der Waals surface area contributed by atoms with E-state index in [0.29, 0.717) is 11.8 Å². The molecule has 0 aromatic heterocycles. The van der Waals surface area contributed by atoms with Gasteiger partial charge < -0.3 is 20.1 Å². The van der Waals surface area contributed by atoms with Crippen LogP contribution in [0.1, 0.15) is 53.4 Å². The summed E-state index contributed by atoms with van der Waals surface area (Å²) in [5.41, 5.74) is -0.599. The molecule has 0 aromatic rings. The second-order valence-corrected chi connectivity index (χ2v) is 8.17. The van der Waals surface area contributed by atoms with Crippen molar-refractivity contribution in [3.05, 3.63) is 0 Å². The van der Waals surface area contributed by atoms with Gasteiger partial charge in [-0.2, -0.15) is 0 Å². The van der Waals surface area contributed by atoms with Gasteiger partial charge in [0.2, 0.25) is 0 Å². The maximum Gasteiger partial charge on any atom is 0.410 e. The number of hydrogen-bond donors (Lipinski definition) is 2. The molecule has 5 heteroatoms. The molecule has 1 aliphatic heterocycles. The maximum absolute atomic E-state index is 12.2. The third-order valence-corrected chi connectivity index (χ3v) is 4.77. The Labute approximate surface area is 134 Å². The van der Waals surface area contributed by atoms with Crippen LogP contribution in [0, 0.1) is 11.8 Å². The van der Waals surface area contributed by atoms with Gasteiger partial charge in [0.05, 0.1) is 6.61 Å². The Hall–Kier alpha value is -0.810. The molecule has 2 N–H and O–H groups in total. The van der Waals surface area contributed by atoms with Crippen LogP contribution < -0.4 is 5.32 Å². The summed E-state index contributed by atoms with van der Waals surface area (Å²) in [5, 5.41) is 13.2. The molecular formula is C17H32N2O3. The number of aliphatic hydroxyl groups is 1. The summed E-state index contributed by atoms with van der Waals surface area (Å²) in [5.74, 6) is 1.04. The van der Waals surface area contributed by atoms with Crippen LogP contribution in [0.5, 0.6) is 0 Å². The lowest BCUT2D eigenvalue weighted by molar-refractivity contribution is 0.0159. The summed E-state index contributed by atoms with van der Waals surface area (Å²) in [6.07, 6.45) is 4.35. The van der Waals surface area contributed by atoms with Gasteiger partial charge >= 0.3 is 6.09 Å². The molecule has 0 bridgehead atoms. The van der Waals surface area contributed by atoms with E-state index in [1.54, 1.807) is 0 Å². The summed E-state index contributed by atoms with van der Waals surface area (Å²) in [6, 6.07) is 0. The summed E-state index contributed by atoms with van der Waals surface area (Å²) in [7, 11) is 0. The lowest BCUT2D eigenvalue weighted by Crippen LogP contribution is -2.52. The third-order valence-electron chi connectivity index (χ3n) is 4.77. The van der Waals surface area contributed by atoms with Gasteiger partial charge in [-0.3, -0.25) is 0 Å². The number of rotatable bonds is 5. The van der Waals surface area contributed by atoms with Gasteiger partial charge in [-0.15, -0.1) is 0 Å². The smallest absolute Gasteiger partial charge is 0.410 e. The molecule has 22 heavy (non-hydrogen) atoms. The first-order chi connectivity index (χ1) is 10.2. The van der Waals surface area contributed by atoms with Crippen LogP contribution in [-0.4, -0.2) is 53.5 Å². The molecule has 0 aromatic carbocycles. The standard InChI is InChI=1S/C17H32N2O3/c1-16(2,3)22-15(21)19-9-5-6-13(11-19)10-18-17(4,12-20)14-7-8-14/h13-14,18,20H,5-12H2,1-4H3. The summed E-state index contributed by atoms with van der Waals surface area (Å²) < 4.78 is 5.47. The van der Waals surface area contributed by atoms with Gasteiger partial charge in [-0.25, -0.2) is 4.79 Å². The van der Waals surface area contributed by atoms with Gasteiger partial charge in [0.25, 0.3) is 0 Å². The van der Waals surface area contributed by atoms with Crippen molar-refractivity contribution < 1.29 is 14.6 Å². The van der Waals surface area contributed by atoms with Crippen molar-refractivity contribution in [3.63, 3.8) is 0 Å². The molecule has 2 aliphatic rings. The number of ether oxygens (including phenoxy) is 1. The van der Waals surface area contributed by atoms with E-state index in [0.717, 1.165) is 32.5 Å². The Balaban J connectivity index is 1.81. The zero-order chi connectivity index (χ0) is 16.4. The van der Waals surface area contributed by atoms with E-state index >= 15 is 0 Å². The van der Waals surface area contributed by atoms with Crippen molar-refractivity contribution in [1.82, 2.24) is 10.2 Å². The highest BCUT2D eigenvalue weighted by Gasteiger charge is 2.41. The van der Waals surface area contributed by atoms with Crippen LogP contribution in [0.2, 0.25) is 0 Å². The molecule has 1 saturated carbocycles. The molecule has 5 nitrogen and oxygen atoms in total. The highest BCUT2D eigenvalue weighted by atomic mass is 16.6. The topological polar surface area (TPSA) is 61.8 Å². The average Bonchev–Trinajstić information content (AvgIpc) is 3.28. The first-order valence-corrected chi connectivity index (χ1v) is 8.57. The molecular weight excluding hydrogens is 280 g/mol. The van der Waals surface area contributed by atoms with Gasteiger partial charge in [-0.1, -0.05) is 0 Å². The van der Waals surface area contributed by atoms with Gasteiger partial charge in [-0.05, 0) is 65.2 Å². The van der Waals surface area contributed by atoms with Crippen molar-refractivity contribution in [2.24, 2.45) is 11.8 Å². The van der Waals surface area contributed by atoms with Crippen LogP contribution in [0.15, 0.2) is 0 Å². The molecule has 0 radical (unpaired) electrons. The third kappa shape index (κ3) is 4.85. The molecule has 2 rings (SSSR count). The Morgan fingerprint density at radius 2 is 1.95 bits per heavy atom. The van der Waals surface area contributed by atoms with Gasteiger partial charge in [0, 0.05) is 25.2 Å². The predicted octanol–water partition coefficient (Wildman–Crippen LogP) is 2.38. The number of carbonyl (C=O) groups excluding carboxylic acids is 1. The molecule has 0 spiro atoms. The predicted molar refractivity (Wildman–Crippen MR) is 86.7 cm³/mol. The fourth-order valence-electron chi connectivity index (χ4n) is 3.15. The molecule has 1 heterocycles. The van der Waals surface area contributed by atoms with E-state index in [1.807, 2.05) is 25.7 Å². The van der Waals surface area contributed by atoms with Crippen LogP contribution in [0.25, 0.3) is 0 Å². The van der Waals surface area contributed by atoms with Crippen molar-refractivity contribution in [3.8, 4) is 0 Å². The molecule has 1 saturated heterocycles. The Bertz CT molecular complexity index is 390. The SMILES string of the molecule is CC(C)(C)OC(=O)N1CCCC(CNC(C)(CO)C2CC2)C1. The van der Waals surface area contributed by atoms with Gasteiger partial charge in [0.1, 0.15) is 5.60 Å². The molecule has 2 fully saturated rings. The van der Waals surface area contributed by atoms with E-state index in [9.17, 15) is 9.90 Å². The largest absolute Gasteiger partial charge is 0.444 e. The Kier molecular flexibility index (Phi) is 5.38. The van der Waals surface area contributed by atoms with Crippen LogP contribution >= 0.6 is 0 Å². The van der Waals surface area contributed by atoms with E-state index in [2.05, 4.69) is 12.2 Å². The summed E-state index contributed by atoms with van der Waals surface area (Å²) >= 11 is 0. The molecule has 2 atom stereocenters. The fraction of sp³-hybridized carbons (Fsp3) is 0.941. The number of carbonyl (C=O) groups is 1. The number of nitrogens with one attached hydrogen (secondary N) is 1. The van der Waals surface area contributed by atoms with E-state index in [-0.39, 0.29) is 18.2 Å². The minimum atomic E-state index is -0.441. The Morgan fingerprint density at radius 1 is 1.27 bits per heavy atom. The summed E-state index contributed by atoms with van der Waals surface area (Å²) in [4.78, 5) is 14.0. The second kappa shape index (κ2) is 6.75. The first-order valence-electron chi connectivity index (χ1n) is 8.57. The maximum atomic E-state index is 12.2. The second-order valence-electron chi connectivity index (χ2n) is 8.17. The zero-order valence-electron chi connectivity index (χ0n) is 14.5. The monoisotopic (exact) mass is 312 g/mol. The highest BCUT2D eigenvalue weighted by Crippen LogP contribution is 2.39. The lowest BCUT2D eigenvalue weighted by atomic mass is 9.93. The average molecular weight is 312 g/mol. The zero-order valence-corrected chi connectivity index (χ0v) is 14.5. The minimum Gasteiger partial charge on any atom is -0.444 e. The van der Waals surface area contributed by atoms with E-state index in [1.165, 1.54) is 12.8 Å². The normalized spacial score (nSPS) is 25.7. The van der Waals surface area contributed by atoms with Crippen LogP contribution in [-0.2, 0) is 4.74 Å². The van der Waals surface area contributed by atoms with Crippen LogP contribution in [0.3, 0.4) is 0 Å². The number of hydrogen-bond acceptors (Lipinski definition) is 4. The lowest BCUT2D eigenvalue weighted by Gasteiger charge is -2.36. The summed E-state index contributed by atoms with van der Waals surface area (Å²) in [6.45, 7) is 10.4. The number of amides is 1. The number of aliphatic hydroxyl groups excluding tert-OH is 1. The van der Waals surface area contributed by atoms with Crippen molar-refractivity contribution in [2.75, 3.05) is 26.2 Å². The number of piperidine rings is 1. The molecule has 1 aliphatic carbocycles. The molecule has 2 unspecified atom stereocenters. The molecule has 128 valence electrons. The number of nitrogens with zero attached hydrogens (tertiary/aromatic N) is 1. The van der Waals surface area contributed by atoms with Crippen LogP contribution in [0.4, 0.5) is 4.79 Å². The first kappa shape index (κ1) is 17.5. The van der Waals surface area contributed by atoms with Crippen molar-refractivity contribution in [2.45, 2.75) is 64.5 Å². The Morgan fingerprint density at radius 3 is 2.50 bits per heavy atom. The van der Waals surface area contributed by atoms with E-state index in [4.69, 9.17) is 4.74 Å². The van der Waals surface area contributed by atoms with Gasteiger partial charge in [0.15, 0.2) is 0 Å². The molecule has 1 amide bonds. The van der Waals surface area contributed by atoms with E-state index < -0.39 is 5.60 Å². The van der Waals surface area contributed by atoms with Crippen molar-refractivity contribution in [1.29, 1.82) is 0 Å². The highest BCUT2D eigenvalue weighted by molar-refractivity contribution is 5.68. The number of likely N-dealkylation sites (tertiary alicyclic amines) is 1. The minimum absolute atomic E-state index is 0.159.